The lowest BCUT2D eigenvalue weighted by atomic mass is 9.92. The fourth-order valence-electron chi connectivity index (χ4n) is 4.29. The Kier molecular flexibility index (Phi) is 8.89. The fourth-order valence-corrected chi connectivity index (χ4v) is 4.29. The molecule has 0 bridgehead atoms. The molecule has 8 heteroatoms. The number of amides is 3. The number of ether oxygens (including phenoxy) is 1. The quantitative estimate of drug-likeness (QED) is 0.325. The molecule has 3 aromatic rings. The van der Waals surface area contributed by atoms with Gasteiger partial charge in [0.25, 0.3) is 5.91 Å². The van der Waals surface area contributed by atoms with E-state index in [0.717, 1.165) is 10.8 Å². The SMILES string of the molecule is CCC(C)(C)N(C(=O)CNC(=O)OC(C)(C)C)C(C(=O)Nc1ccc2ccccc2c1)c1ccc(O)c(C)c1. The smallest absolute Gasteiger partial charge is 0.408 e. The summed E-state index contributed by atoms with van der Waals surface area (Å²) in [5.74, 6) is -0.772. The molecule has 1 atom stereocenters. The molecule has 0 saturated heterocycles. The highest BCUT2D eigenvalue weighted by Gasteiger charge is 2.40. The zero-order valence-corrected chi connectivity index (χ0v) is 23.8. The van der Waals surface area contributed by atoms with Crippen molar-refractivity contribution in [2.24, 2.45) is 0 Å². The topological polar surface area (TPSA) is 108 Å². The van der Waals surface area contributed by atoms with Gasteiger partial charge in [0.2, 0.25) is 5.91 Å². The second-order valence-electron chi connectivity index (χ2n) is 11.3. The van der Waals surface area contributed by atoms with Crippen LogP contribution in [0.25, 0.3) is 10.8 Å². The Bertz CT molecular complexity index is 1360. The lowest BCUT2D eigenvalue weighted by Gasteiger charge is -2.43. The third-order valence-corrected chi connectivity index (χ3v) is 6.63. The maximum Gasteiger partial charge on any atom is 0.408 e. The van der Waals surface area contributed by atoms with Gasteiger partial charge in [-0.15, -0.1) is 0 Å². The maximum absolute atomic E-state index is 14.0. The minimum absolute atomic E-state index is 0.0895. The van der Waals surface area contributed by atoms with Crippen molar-refractivity contribution in [1.29, 1.82) is 0 Å². The number of aromatic hydroxyl groups is 1. The summed E-state index contributed by atoms with van der Waals surface area (Å²) in [6.45, 7) is 12.3. The number of alkyl carbamates (subject to hydrolysis) is 1. The van der Waals surface area contributed by atoms with Crippen LogP contribution in [-0.4, -0.2) is 45.6 Å². The summed E-state index contributed by atoms with van der Waals surface area (Å²) in [5, 5.41) is 17.7. The van der Waals surface area contributed by atoms with E-state index in [-0.39, 0.29) is 12.3 Å². The van der Waals surface area contributed by atoms with Crippen LogP contribution in [0.15, 0.2) is 60.7 Å². The lowest BCUT2D eigenvalue weighted by Crippen LogP contribution is -2.55. The van der Waals surface area contributed by atoms with E-state index in [9.17, 15) is 19.5 Å². The van der Waals surface area contributed by atoms with Crippen LogP contribution in [0.4, 0.5) is 10.5 Å². The van der Waals surface area contributed by atoms with Crippen molar-refractivity contribution in [1.82, 2.24) is 10.2 Å². The van der Waals surface area contributed by atoms with Gasteiger partial charge >= 0.3 is 6.09 Å². The molecule has 39 heavy (non-hydrogen) atoms. The van der Waals surface area contributed by atoms with Gasteiger partial charge in [-0.25, -0.2) is 4.79 Å². The van der Waals surface area contributed by atoms with Crippen molar-refractivity contribution in [3.8, 4) is 5.75 Å². The molecule has 3 aromatic carbocycles. The number of anilines is 1. The van der Waals surface area contributed by atoms with Gasteiger partial charge < -0.3 is 25.4 Å². The van der Waals surface area contributed by atoms with Crippen molar-refractivity contribution in [3.05, 3.63) is 71.8 Å². The van der Waals surface area contributed by atoms with Crippen molar-refractivity contribution < 1.29 is 24.2 Å². The molecule has 0 aromatic heterocycles. The Balaban J connectivity index is 2.01. The molecule has 0 aliphatic rings. The molecule has 208 valence electrons. The van der Waals surface area contributed by atoms with E-state index in [1.54, 1.807) is 39.8 Å². The number of hydrogen-bond donors (Lipinski definition) is 3. The van der Waals surface area contributed by atoms with Crippen molar-refractivity contribution in [2.75, 3.05) is 11.9 Å². The van der Waals surface area contributed by atoms with Crippen LogP contribution < -0.4 is 10.6 Å². The first-order valence-corrected chi connectivity index (χ1v) is 13.1. The van der Waals surface area contributed by atoms with Crippen LogP contribution in [0.3, 0.4) is 0 Å². The molecule has 3 N–H and O–H groups in total. The van der Waals surface area contributed by atoms with Gasteiger partial charge in [-0.2, -0.15) is 0 Å². The lowest BCUT2D eigenvalue weighted by molar-refractivity contribution is -0.145. The van der Waals surface area contributed by atoms with Crippen LogP contribution >= 0.6 is 0 Å². The number of benzene rings is 3. The van der Waals surface area contributed by atoms with Crippen LogP contribution in [0, 0.1) is 6.92 Å². The normalized spacial score (nSPS) is 12.5. The average Bonchev–Trinajstić information content (AvgIpc) is 2.86. The minimum atomic E-state index is -1.04. The molecule has 8 nitrogen and oxygen atoms in total. The highest BCUT2D eigenvalue weighted by atomic mass is 16.6. The van der Waals surface area contributed by atoms with Gasteiger partial charge in [0, 0.05) is 11.2 Å². The highest BCUT2D eigenvalue weighted by Crippen LogP contribution is 2.34. The number of hydrogen-bond acceptors (Lipinski definition) is 5. The molecule has 3 amide bonds. The number of phenols is 1. The van der Waals surface area contributed by atoms with E-state index in [1.807, 2.05) is 63.2 Å². The molecular weight excluding hydrogens is 494 g/mol. The van der Waals surface area contributed by atoms with Gasteiger partial charge in [0.05, 0.1) is 0 Å². The molecule has 0 aliphatic heterocycles. The average molecular weight is 534 g/mol. The minimum Gasteiger partial charge on any atom is -0.508 e. The number of rotatable bonds is 8. The Morgan fingerprint density at radius 1 is 0.949 bits per heavy atom. The molecule has 0 saturated carbocycles. The van der Waals surface area contributed by atoms with Gasteiger partial charge in [0.15, 0.2) is 0 Å². The van der Waals surface area contributed by atoms with E-state index < -0.39 is 35.1 Å². The van der Waals surface area contributed by atoms with Gasteiger partial charge in [-0.05, 0) is 94.1 Å². The van der Waals surface area contributed by atoms with Crippen molar-refractivity contribution >= 4 is 34.4 Å². The molecule has 3 rings (SSSR count). The number of aryl methyl sites for hydroxylation is 1. The van der Waals surface area contributed by atoms with Gasteiger partial charge in [-0.1, -0.05) is 43.3 Å². The number of carbonyl (C=O) groups excluding carboxylic acids is 3. The summed E-state index contributed by atoms with van der Waals surface area (Å²) < 4.78 is 5.29. The Morgan fingerprint density at radius 2 is 1.62 bits per heavy atom. The summed E-state index contributed by atoms with van der Waals surface area (Å²) in [4.78, 5) is 41.5. The number of carbonyl (C=O) groups is 3. The second kappa shape index (κ2) is 11.8. The van der Waals surface area contributed by atoms with E-state index in [2.05, 4.69) is 10.6 Å². The second-order valence-corrected chi connectivity index (χ2v) is 11.3. The first-order chi connectivity index (χ1) is 18.2. The van der Waals surface area contributed by atoms with Crippen LogP contribution in [-0.2, 0) is 14.3 Å². The van der Waals surface area contributed by atoms with Crippen LogP contribution in [0.5, 0.6) is 5.75 Å². The van der Waals surface area contributed by atoms with E-state index in [0.29, 0.717) is 23.2 Å². The summed E-state index contributed by atoms with van der Waals surface area (Å²) >= 11 is 0. The number of fused-ring (bicyclic) bond motifs is 1. The Morgan fingerprint density at radius 3 is 2.23 bits per heavy atom. The largest absolute Gasteiger partial charge is 0.508 e. The Labute approximate surface area is 230 Å². The fraction of sp³-hybridized carbons (Fsp3) is 0.387. The van der Waals surface area contributed by atoms with Gasteiger partial charge in [0.1, 0.15) is 23.9 Å². The molecule has 1 unspecified atom stereocenters. The molecule has 0 aliphatic carbocycles. The molecule has 0 heterocycles. The summed E-state index contributed by atoms with van der Waals surface area (Å²) in [6.07, 6.45) is -0.176. The van der Waals surface area contributed by atoms with Crippen molar-refractivity contribution in [3.63, 3.8) is 0 Å². The molecular formula is C31H39N3O5. The van der Waals surface area contributed by atoms with Crippen LogP contribution in [0.2, 0.25) is 0 Å². The van der Waals surface area contributed by atoms with Gasteiger partial charge in [-0.3, -0.25) is 9.59 Å². The van der Waals surface area contributed by atoms with Crippen molar-refractivity contribution in [2.45, 2.75) is 72.1 Å². The third kappa shape index (κ3) is 7.50. The summed E-state index contributed by atoms with van der Waals surface area (Å²) in [7, 11) is 0. The zero-order valence-electron chi connectivity index (χ0n) is 23.8. The van der Waals surface area contributed by atoms with E-state index >= 15 is 0 Å². The number of nitrogens with one attached hydrogen (secondary N) is 2. The van der Waals surface area contributed by atoms with E-state index in [4.69, 9.17) is 4.74 Å². The van der Waals surface area contributed by atoms with E-state index in [1.165, 1.54) is 11.0 Å². The monoisotopic (exact) mass is 533 g/mol. The Hall–Kier alpha value is -4.07. The maximum atomic E-state index is 14.0. The standard InChI is InChI=1S/C31H39N3O5/c1-8-31(6,7)34(26(36)19-32-29(38)39-30(3,4)5)27(23-14-16-25(35)20(2)17-23)28(37)33-24-15-13-21-11-9-10-12-22(21)18-24/h9-18,27,35H,8,19H2,1-7H3,(H,32,38)(H,33,37). The third-order valence-electron chi connectivity index (χ3n) is 6.63. The molecule has 0 fully saturated rings. The predicted molar refractivity (Wildman–Crippen MR) is 154 cm³/mol. The van der Waals surface area contributed by atoms with Crippen LogP contribution in [0.1, 0.15) is 65.1 Å². The number of nitrogens with zero attached hydrogens (tertiary/aromatic N) is 1. The molecule has 0 spiro atoms. The highest BCUT2D eigenvalue weighted by molar-refractivity contribution is 6.00. The first-order valence-electron chi connectivity index (χ1n) is 13.1. The molecule has 0 radical (unpaired) electrons. The predicted octanol–water partition coefficient (Wildman–Crippen LogP) is 6.08. The first kappa shape index (κ1) is 29.5. The number of phenolic OH excluding ortho intramolecular Hbond substituents is 1. The zero-order chi connectivity index (χ0) is 29.0. The summed E-state index contributed by atoms with van der Waals surface area (Å²) in [5.41, 5.74) is 0.221. The summed E-state index contributed by atoms with van der Waals surface area (Å²) in [6, 6.07) is 17.3.